The Kier molecular flexibility index (Phi) is 4.13. The number of nitrogens with zero attached hydrogens (tertiary/aromatic N) is 3. The molecule has 1 aliphatic rings. The largest absolute Gasteiger partial charge is 0.480 e. The fraction of sp³-hybridized carbons (Fsp3) is 0.667. The highest BCUT2D eigenvalue weighted by Gasteiger charge is 2.22. The van der Waals surface area contributed by atoms with Crippen LogP contribution in [0.3, 0.4) is 0 Å². The highest BCUT2D eigenvalue weighted by Crippen LogP contribution is 2.23. The molecule has 2 N–H and O–H groups in total. The Balaban J connectivity index is 1.92. The van der Waals surface area contributed by atoms with Crippen LogP contribution in [0.15, 0.2) is 6.20 Å². The van der Waals surface area contributed by atoms with Crippen molar-refractivity contribution in [1.29, 1.82) is 0 Å². The third-order valence-electron chi connectivity index (χ3n) is 3.34. The van der Waals surface area contributed by atoms with Gasteiger partial charge in [0.05, 0.1) is 6.20 Å². The van der Waals surface area contributed by atoms with Crippen molar-refractivity contribution in [3.8, 4) is 0 Å². The minimum absolute atomic E-state index is 0.166. The van der Waals surface area contributed by atoms with Crippen LogP contribution in [0.1, 0.15) is 43.1 Å². The van der Waals surface area contributed by atoms with Crippen LogP contribution >= 0.6 is 0 Å². The summed E-state index contributed by atoms with van der Waals surface area (Å²) in [5.74, 6) is -0.671. The molecule has 1 aromatic heterocycles. The van der Waals surface area contributed by atoms with E-state index in [-0.39, 0.29) is 24.2 Å². The van der Waals surface area contributed by atoms with Gasteiger partial charge in [0.1, 0.15) is 6.54 Å². The standard InChI is InChI=1S/C12H18N4O3/c1-8-3-2-4-9(5-8)13-12(19)10-6-16(15-14-10)7-11(17)18/h6,8-9H,2-5,7H2,1H3,(H,13,19)(H,17,18). The fourth-order valence-electron chi connectivity index (χ4n) is 2.44. The number of carbonyl (C=O) groups is 2. The maximum Gasteiger partial charge on any atom is 0.325 e. The summed E-state index contributed by atoms with van der Waals surface area (Å²) in [5, 5.41) is 18.8. The molecule has 19 heavy (non-hydrogen) atoms. The normalized spacial score (nSPS) is 23.0. The molecule has 7 heteroatoms. The second kappa shape index (κ2) is 5.81. The van der Waals surface area contributed by atoms with Crippen molar-refractivity contribution in [2.45, 2.75) is 45.2 Å². The molecular weight excluding hydrogens is 248 g/mol. The van der Waals surface area contributed by atoms with E-state index in [2.05, 4.69) is 22.6 Å². The number of carboxylic acids is 1. The van der Waals surface area contributed by atoms with Gasteiger partial charge in [-0.2, -0.15) is 0 Å². The predicted octanol–water partition coefficient (Wildman–Crippen LogP) is 0.671. The van der Waals surface area contributed by atoms with Crippen LogP contribution in [0, 0.1) is 5.92 Å². The van der Waals surface area contributed by atoms with Gasteiger partial charge in [0.2, 0.25) is 0 Å². The second-order valence-electron chi connectivity index (χ2n) is 5.14. The number of aliphatic carboxylic acids is 1. The molecule has 0 spiro atoms. The van der Waals surface area contributed by atoms with Gasteiger partial charge < -0.3 is 10.4 Å². The molecular formula is C12H18N4O3. The van der Waals surface area contributed by atoms with Gasteiger partial charge in [-0.1, -0.05) is 25.0 Å². The summed E-state index contributed by atoms with van der Waals surface area (Å²) in [5.41, 5.74) is 0.166. The first-order valence-corrected chi connectivity index (χ1v) is 6.47. The number of nitrogens with one attached hydrogen (secondary N) is 1. The molecule has 2 unspecified atom stereocenters. The van der Waals surface area contributed by atoms with Crippen molar-refractivity contribution < 1.29 is 14.7 Å². The second-order valence-corrected chi connectivity index (χ2v) is 5.14. The van der Waals surface area contributed by atoms with Gasteiger partial charge in [-0.05, 0) is 18.8 Å². The van der Waals surface area contributed by atoms with Gasteiger partial charge >= 0.3 is 5.97 Å². The number of aromatic nitrogens is 3. The van der Waals surface area contributed by atoms with Gasteiger partial charge in [0.25, 0.3) is 5.91 Å². The van der Waals surface area contributed by atoms with Crippen LogP contribution in [0.25, 0.3) is 0 Å². The fourth-order valence-corrected chi connectivity index (χ4v) is 2.44. The molecule has 1 aromatic rings. The number of amides is 1. The third kappa shape index (κ3) is 3.77. The maximum atomic E-state index is 11.9. The number of hydrogen-bond donors (Lipinski definition) is 2. The zero-order chi connectivity index (χ0) is 13.8. The van der Waals surface area contributed by atoms with Crippen molar-refractivity contribution in [2.75, 3.05) is 0 Å². The van der Waals surface area contributed by atoms with Crippen molar-refractivity contribution in [3.63, 3.8) is 0 Å². The lowest BCUT2D eigenvalue weighted by molar-refractivity contribution is -0.137. The van der Waals surface area contributed by atoms with Crippen molar-refractivity contribution in [2.24, 2.45) is 5.92 Å². The monoisotopic (exact) mass is 266 g/mol. The SMILES string of the molecule is CC1CCCC(NC(=O)c2cn(CC(=O)O)nn2)C1. The summed E-state index contributed by atoms with van der Waals surface area (Å²) in [6.07, 6.45) is 5.66. The number of hydrogen-bond acceptors (Lipinski definition) is 4. The minimum atomic E-state index is -1.02. The topological polar surface area (TPSA) is 97.1 Å². The van der Waals surface area contributed by atoms with E-state index >= 15 is 0 Å². The molecule has 0 radical (unpaired) electrons. The summed E-state index contributed by atoms with van der Waals surface area (Å²) in [6.45, 7) is 1.89. The first-order chi connectivity index (χ1) is 9.04. The van der Waals surface area contributed by atoms with Crippen LogP contribution in [0.5, 0.6) is 0 Å². The van der Waals surface area contributed by atoms with Crippen molar-refractivity contribution >= 4 is 11.9 Å². The lowest BCUT2D eigenvalue weighted by atomic mass is 9.87. The van der Waals surface area contributed by atoms with E-state index in [9.17, 15) is 9.59 Å². The van der Waals surface area contributed by atoms with Crippen LogP contribution < -0.4 is 5.32 Å². The van der Waals surface area contributed by atoms with E-state index in [0.717, 1.165) is 23.9 Å². The Bertz CT molecular complexity index is 471. The van der Waals surface area contributed by atoms with Crippen LogP contribution in [-0.2, 0) is 11.3 Å². The molecule has 2 atom stereocenters. The van der Waals surface area contributed by atoms with E-state index in [1.807, 2.05) is 0 Å². The summed E-state index contributed by atoms with van der Waals surface area (Å²) >= 11 is 0. The highest BCUT2D eigenvalue weighted by atomic mass is 16.4. The van der Waals surface area contributed by atoms with Crippen LogP contribution in [0.4, 0.5) is 0 Å². The highest BCUT2D eigenvalue weighted by molar-refractivity contribution is 5.92. The van der Waals surface area contributed by atoms with E-state index in [4.69, 9.17) is 5.11 Å². The zero-order valence-electron chi connectivity index (χ0n) is 10.9. The molecule has 0 bridgehead atoms. The Morgan fingerprint density at radius 2 is 2.32 bits per heavy atom. The van der Waals surface area contributed by atoms with Gasteiger partial charge in [0, 0.05) is 6.04 Å². The van der Waals surface area contributed by atoms with Crippen LogP contribution in [0.2, 0.25) is 0 Å². The maximum absolute atomic E-state index is 11.9. The van der Waals surface area contributed by atoms with Gasteiger partial charge in [0.15, 0.2) is 5.69 Å². The number of carbonyl (C=O) groups excluding carboxylic acids is 1. The quantitative estimate of drug-likeness (QED) is 0.834. The zero-order valence-corrected chi connectivity index (χ0v) is 10.9. The molecule has 104 valence electrons. The Labute approximate surface area is 111 Å². The first-order valence-electron chi connectivity index (χ1n) is 6.47. The average Bonchev–Trinajstić information content (AvgIpc) is 2.76. The number of rotatable bonds is 4. The average molecular weight is 266 g/mol. The van der Waals surface area contributed by atoms with E-state index < -0.39 is 5.97 Å². The van der Waals surface area contributed by atoms with Gasteiger partial charge in [-0.15, -0.1) is 5.10 Å². The Hall–Kier alpha value is -1.92. The smallest absolute Gasteiger partial charge is 0.325 e. The molecule has 0 saturated heterocycles. The van der Waals surface area contributed by atoms with E-state index in [0.29, 0.717) is 5.92 Å². The van der Waals surface area contributed by atoms with Crippen molar-refractivity contribution in [3.05, 3.63) is 11.9 Å². The molecule has 2 rings (SSSR count). The molecule has 1 aliphatic carbocycles. The summed E-state index contributed by atoms with van der Waals surface area (Å²) < 4.78 is 1.14. The molecule has 7 nitrogen and oxygen atoms in total. The molecule has 1 fully saturated rings. The summed E-state index contributed by atoms with van der Waals surface area (Å²) in [6, 6.07) is 0.181. The number of carboxylic acid groups (broad SMARTS) is 1. The predicted molar refractivity (Wildman–Crippen MR) is 66.5 cm³/mol. The molecule has 1 heterocycles. The van der Waals surface area contributed by atoms with Gasteiger partial charge in [-0.3, -0.25) is 9.59 Å². The van der Waals surface area contributed by atoms with Crippen LogP contribution in [-0.4, -0.2) is 38.0 Å². The van der Waals surface area contributed by atoms with E-state index in [1.165, 1.54) is 12.6 Å². The summed E-state index contributed by atoms with van der Waals surface area (Å²) in [4.78, 5) is 22.5. The lowest BCUT2D eigenvalue weighted by Gasteiger charge is -2.27. The lowest BCUT2D eigenvalue weighted by Crippen LogP contribution is -2.38. The summed E-state index contributed by atoms with van der Waals surface area (Å²) in [7, 11) is 0. The first kappa shape index (κ1) is 13.5. The molecule has 0 aromatic carbocycles. The van der Waals surface area contributed by atoms with E-state index in [1.54, 1.807) is 0 Å². The molecule has 0 aliphatic heterocycles. The minimum Gasteiger partial charge on any atom is -0.480 e. The third-order valence-corrected chi connectivity index (χ3v) is 3.34. The Morgan fingerprint density at radius 3 is 3.00 bits per heavy atom. The Morgan fingerprint density at radius 1 is 1.53 bits per heavy atom. The van der Waals surface area contributed by atoms with Gasteiger partial charge in [-0.25, -0.2) is 4.68 Å². The van der Waals surface area contributed by atoms with Crippen molar-refractivity contribution in [1.82, 2.24) is 20.3 Å². The molecule has 1 amide bonds. The molecule has 1 saturated carbocycles.